The van der Waals surface area contributed by atoms with Crippen molar-refractivity contribution in [1.29, 1.82) is 0 Å². The zero-order valence-corrected chi connectivity index (χ0v) is 10.8. The second kappa shape index (κ2) is 3.54. The fourth-order valence-corrected chi connectivity index (χ4v) is 3.24. The number of hydrogen-bond acceptors (Lipinski definition) is 4. The van der Waals surface area contributed by atoms with Gasteiger partial charge in [-0.2, -0.15) is 0 Å². The molecule has 2 aliphatic carbocycles. The van der Waals surface area contributed by atoms with Crippen LogP contribution in [0.25, 0.3) is 0 Å². The van der Waals surface area contributed by atoms with Crippen LogP contribution in [-0.4, -0.2) is 44.0 Å². The Morgan fingerprint density at radius 2 is 2.11 bits per heavy atom. The second-order valence-corrected chi connectivity index (χ2v) is 6.36. The van der Waals surface area contributed by atoms with Gasteiger partial charge in [0.1, 0.15) is 11.6 Å². The Morgan fingerprint density at radius 3 is 2.72 bits per heavy atom. The highest BCUT2D eigenvalue weighted by atomic mass is 16.3. The Bertz CT molecular complexity index is 475. The molecular formula is C13H20N4O. The summed E-state index contributed by atoms with van der Waals surface area (Å²) in [6.07, 6.45) is 4.77. The lowest BCUT2D eigenvalue weighted by Gasteiger charge is -2.14. The maximum Gasteiger partial charge on any atom is 0.146 e. The minimum absolute atomic E-state index is 0.131. The molecule has 1 aromatic heterocycles. The van der Waals surface area contributed by atoms with Gasteiger partial charge >= 0.3 is 0 Å². The van der Waals surface area contributed by atoms with Crippen LogP contribution in [0, 0.1) is 5.41 Å². The highest BCUT2D eigenvalue weighted by Gasteiger charge is 2.54. The molecule has 98 valence electrons. The van der Waals surface area contributed by atoms with E-state index >= 15 is 0 Å². The number of β-amino-alcohol motifs (C(OH)–C–C–N with tert-alkyl or cyclic N) is 1. The molecule has 1 unspecified atom stereocenters. The third-order valence-electron chi connectivity index (χ3n) is 4.87. The van der Waals surface area contributed by atoms with Crippen LogP contribution in [0.15, 0.2) is 0 Å². The number of hydrogen-bond donors (Lipinski definition) is 1. The van der Waals surface area contributed by atoms with Crippen LogP contribution in [-0.2, 0) is 13.6 Å². The van der Waals surface area contributed by atoms with Crippen molar-refractivity contribution in [2.24, 2.45) is 12.5 Å². The standard InChI is InChI=1S/C13H20N4O/c1-16-11(14-15-12(16)9-2-3-9)7-17-6-10(18)13(8-17)4-5-13/h9-10,18H,2-8H2,1H3. The van der Waals surface area contributed by atoms with Crippen LogP contribution in [0.3, 0.4) is 0 Å². The normalized spacial score (nSPS) is 30.2. The number of aliphatic hydroxyl groups is 1. The van der Waals surface area contributed by atoms with Crippen molar-refractivity contribution in [2.45, 2.75) is 44.2 Å². The van der Waals surface area contributed by atoms with Crippen LogP contribution >= 0.6 is 0 Å². The summed E-state index contributed by atoms with van der Waals surface area (Å²) in [5.41, 5.74) is 0.234. The van der Waals surface area contributed by atoms with Crippen molar-refractivity contribution < 1.29 is 5.11 Å². The van der Waals surface area contributed by atoms with E-state index in [1.807, 2.05) is 0 Å². The van der Waals surface area contributed by atoms with Crippen molar-refractivity contribution in [1.82, 2.24) is 19.7 Å². The van der Waals surface area contributed by atoms with Crippen molar-refractivity contribution >= 4 is 0 Å². The lowest BCUT2D eigenvalue weighted by molar-refractivity contribution is 0.130. The molecule has 0 bridgehead atoms. The number of aliphatic hydroxyl groups excluding tert-OH is 1. The first-order chi connectivity index (χ1) is 8.68. The number of rotatable bonds is 3. The van der Waals surface area contributed by atoms with Gasteiger partial charge in [0.05, 0.1) is 12.6 Å². The minimum Gasteiger partial charge on any atom is -0.391 e. The Balaban J connectivity index is 1.48. The Labute approximate surface area is 107 Å². The molecule has 3 aliphatic rings. The quantitative estimate of drug-likeness (QED) is 0.853. The third kappa shape index (κ3) is 1.61. The Morgan fingerprint density at radius 1 is 1.33 bits per heavy atom. The van der Waals surface area contributed by atoms with Crippen LogP contribution in [0.2, 0.25) is 0 Å². The minimum atomic E-state index is -0.131. The molecule has 5 heteroatoms. The smallest absolute Gasteiger partial charge is 0.146 e. The molecule has 3 fully saturated rings. The van der Waals surface area contributed by atoms with Gasteiger partial charge in [-0.25, -0.2) is 0 Å². The van der Waals surface area contributed by atoms with E-state index in [2.05, 4.69) is 26.7 Å². The van der Waals surface area contributed by atoms with Crippen molar-refractivity contribution in [3.63, 3.8) is 0 Å². The van der Waals surface area contributed by atoms with E-state index in [1.165, 1.54) is 25.7 Å². The van der Waals surface area contributed by atoms with Gasteiger partial charge in [0, 0.05) is 31.5 Å². The largest absolute Gasteiger partial charge is 0.391 e. The SMILES string of the molecule is Cn1c(CN2CC(O)C3(CC3)C2)nnc1C1CC1. The van der Waals surface area contributed by atoms with Crippen molar-refractivity contribution in [3.8, 4) is 0 Å². The topological polar surface area (TPSA) is 54.2 Å². The summed E-state index contributed by atoms with van der Waals surface area (Å²) in [5.74, 6) is 2.84. The first-order valence-electron chi connectivity index (χ1n) is 6.96. The number of likely N-dealkylation sites (tertiary alicyclic amines) is 1. The number of nitrogens with zero attached hydrogens (tertiary/aromatic N) is 4. The molecule has 2 heterocycles. The van der Waals surface area contributed by atoms with E-state index in [0.29, 0.717) is 5.92 Å². The van der Waals surface area contributed by atoms with E-state index in [0.717, 1.165) is 31.3 Å². The van der Waals surface area contributed by atoms with Crippen LogP contribution in [0.5, 0.6) is 0 Å². The van der Waals surface area contributed by atoms with Gasteiger partial charge in [-0.1, -0.05) is 0 Å². The molecule has 4 rings (SSSR count). The molecule has 1 spiro atoms. The summed E-state index contributed by atoms with van der Waals surface area (Å²) >= 11 is 0. The summed E-state index contributed by atoms with van der Waals surface area (Å²) in [6, 6.07) is 0. The van der Waals surface area contributed by atoms with Crippen molar-refractivity contribution in [3.05, 3.63) is 11.6 Å². The lowest BCUT2D eigenvalue weighted by Crippen LogP contribution is -2.23. The van der Waals surface area contributed by atoms with E-state index in [-0.39, 0.29) is 11.5 Å². The van der Waals surface area contributed by atoms with E-state index in [4.69, 9.17) is 0 Å². The van der Waals surface area contributed by atoms with Gasteiger partial charge in [0.2, 0.25) is 0 Å². The summed E-state index contributed by atoms with van der Waals surface area (Å²) in [4.78, 5) is 2.33. The molecule has 2 saturated carbocycles. The monoisotopic (exact) mass is 248 g/mol. The molecular weight excluding hydrogens is 228 g/mol. The van der Waals surface area contributed by atoms with E-state index in [9.17, 15) is 5.11 Å². The zero-order chi connectivity index (χ0) is 12.3. The molecule has 1 aromatic rings. The van der Waals surface area contributed by atoms with Crippen LogP contribution < -0.4 is 0 Å². The fraction of sp³-hybridized carbons (Fsp3) is 0.846. The molecule has 0 radical (unpaired) electrons. The summed E-state index contributed by atoms with van der Waals surface area (Å²) in [6.45, 7) is 2.65. The summed E-state index contributed by atoms with van der Waals surface area (Å²) in [7, 11) is 2.07. The average Bonchev–Trinajstić information content (AvgIpc) is 3.21. The molecule has 1 atom stereocenters. The van der Waals surface area contributed by atoms with E-state index < -0.39 is 0 Å². The van der Waals surface area contributed by atoms with Gasteiger partial charge in [0.15, 0.2) is 0 Å². The van der Waals surface area contributed by atoms with Gasteiger partial charge in [-0.15, -0.1) is 10.2 Å². The zero-order valence-electron chi connectivity index (χ0n) is 10.8. The molecule has 1 aliphatic heterocycles. The molecule has 1 saturated heterocycles. The summed E-state index contributed by atoms with van der Waals surface area (Å²) < 4.78 is 2.15. The lowest BCUT2D eigenvalue weighted by atomic mass is 10.0. The number of aromatic nitrogens is 3. The molecule has 0 amide bonds. The maximum absolute atomic E-state index is 10.1. The Kier molecular flexibility index (Phi) is 2.15. The van der Waals surface area contributed by atoms with Crippen molar-refractivity contribution in [2.75, 3.05) is 13.1 Å². The second-order valence-electron chi connectivity index (χ2n) is 6.36. The van der Waals surface area contributed by atoms with Gasteiger partial charge in [0.25, 0.3) is 0 Å². The Hall–Kier alpha value is -0.940. The van der Waals surface area contributed by atoms with Gasteiger partial charge in [-0.3, -0.25) is 4.90 Å². The van der Waals surface area contributed by atoms with Crippen LogP contribution in [0.4, 0.5) is 0 Å². The predicted octanol–water partition coefficient (Wildman–Crippen LogP) is 0.649. The van der Waals surface area contributed by atoms with Crippen LogP contribution in [0.1, 0.15) is 43.3 Å². The van der Waals surface area contributed by atoms with Gasteiger partial charge < -0.3 is 9.67 Å². The molecule has 1 N–H and O–H groups in total. The predicted molar refractivity (Wildman–Crippen MR) is 65.9 cm³/mol. The highest BCUT2D eigenvalue weighted by Crippen LogP contribution is 2.52. The third-order valence-corrected chi connectivity index (χ3v) is 4.87. The first-order valence-corrected chi connectivity index (χ1v) is 6.96. The fourth-order valence-electron chi connectivity index (χ4n) is 3.24. The molecule has 5 nitrogen and oxygen atoms in total. The van der Waals surface area contributed by atoms with E-state index in [1.54, 1.807) is 0 Å². The molecule has 0 aromatic carbocycles. The maximum atomic E-state index is 10.1. The highest BCUT2D eigenvalue weighted by molar-refractivity contribution is 5.10. The molecule has 18 heavy (non-hydrogen) atoms. The average molecular weight is 248 g/mol. The van der Waals surface area contributed by atoms with Gasteiger partial charge in [-0.05, 0) is 25.7 Å². The summed E-state index contributed by atoms with van der Waals surface area (Å²) in [5, 5.41) is 18.7. The first kappa shape index (κ1) is 10.9.